The lowest BCUT2D eigenvalue weighted by Crippen LogP contribution is -2.40. The fraction of sp³-hybridized carbons (Fsp3) is 0.500. The fourth-order valence-electron chi connectivity index (χ4n) is 1.45. The lowest BCUT2D eigenvalue weighted by Gasteiger charge is -2.17. The normalized spacial score (nSPS) is 13.9. The van der Waals surface area contributed by atoms with Crippen LogP contribution in [0.15, 0.2) is 30.3 Å². The SMILES string of the molecule is CC(CCc1ccccc1)NS(=O)(=O)N(C)C. The van der Waals surface area contributed by atoms with Crippen molar-refractivity contribution in [3.05, 3.63) is 35.9 Å². The van der Waals surface area contributed by atoms with E-state index in [1.54, 1.807) is 0 Å². The van der Waals surface area contributed by atoms with E-state index in [2.05, 4.69) is 4.72 Å². The lowest BCUT2D eigenvalue weighted by atomic mass is 10.1. The Bertz CT molecular complexity index is 429. The van der Waals surface area contributed by atoms with Crippen LogP contribution in [0.25, 0.3) is 0 Å². The highest BCUT2D eigenvalue weighted by Crippen LogP contribution is 2.05. The van der Waals surface area contributed by atoms with Gasteiger partial charge in [-0.3, -0.25) is 0 Å². The van der Waals surface area contributed by atoms with E-state index in [0.29, 0.717) is 0 Å². The number of benzene rings is 1. The molecule has 0 saturated heterocycles. The third-order valence-electron chi connectivity index (χ3n) is 2.54. The van der Waals surface area contributed by atoms with E-state index in [4.69, 9.17) is 0 Å². The van der Waals surface area contributed by atoms with Gasteiger partial charge in [0.2, 0.25) is 0 Å². The zero-order valence-corrected chi connectivity index (χ0v) is 11.4. The lowest BCUT2D eigenvalue weighted by molar-refractivity contribution is 0.485. The van der Waals surface area contributed by atoms with Crippen LogP contribution in [0.1, 0.15) is 18.9 Å². The minimum atomic E-state index is -3.32. The number of hydrogen-bond acceptors (Lipinski definition) is 2. The third kappa shape index (κ3) is 4.85. The summed E-state index contributed by atoms with van der Waals surface area (Å²) in [6.07, 6.45) is 1.66. The Labute approximate surface area is 104 Å². The van der Waals surface area contributed by atoms with Crippen LogP contribution in [0.3, 0.4) is 0 Å². The van der Waals surface area contributed by atoms with Gasteiger partial charge >= 0.3 is 0 Å². The molecular weight excluding hydrogens is 236 g/mol. The van der Waals surface area contributed by atoms with E-state index in [1.807, 2.05) is 37.3 Å². The van der Waals surface area contributed by atoms with Crippen molar-refractivity contribution in [2.45, 2.75) is 25.8 Å². The van der Waals surface area contributed by atoms with E-state index in [0.717, 1.165) is 12.8 Å². The Balaban J connectivity index is 2.44. The molecule has 0 aliphatic heterocycles. The summed E-state index contributed by atoms with van der Waals surface area (Å²) in [6, 6.07) is 9.98. The van der Waals surface area contributed by atoms with Gasteiger partial charge in [-0.15, -0.1) is 0 Å². The zero-order chi connectivity index (χ0) is 12.9. The van der Waals surface area contributed by atoms with Gasteiger partial charge in [0.1, 0.15) is 0 Å². The van der Waals surface area contributed by atoms with Crippen LogP contribution in [0, 0.1) is 0 Å². The maximum absolute atomic E-state index is 11.6. The van der Waals surface area contributed by atoms with Crippen molar-refractivity contribution < 1.29 is 8.42 Å². The largest absolute Gasteiger partial charge is 0.279 e. The topological polar surface area (TPSA) is 49.4 Å². The molecule has 0 amide bonds. The first-order valence-corrected chi connectivity index (χ1v) is 7.09. The summed E-state index contributed by atoms with van der Waals surface area (Å²) in [5.41, 5.74) is 1.23. The average Bonchev–Trinajstić information content (AvgIpc) is 2.27. The molecule has 0 fully saturated rings. The highest BCUT2D eigenvalue weighted by atomic mass is 32.2. The molecule has 1 aromatic carbocycles. The van der Waals surface area contributed by atoms with Crippen LogP contribution in [0.5, 0.6) is 0 Å². The van der Waals surface area contributed by atoms with E-state index in [9.17, 15) is 8.42 Å². The molecule has 1 atom stereocenters. The smallest absolute Gasteiger partial charge is 0.199 e. The summed E-state index contributed by atoms with van der Waals surface area (Å²) >= 11 is 0. The summed E-state index contributed by atoms with van der Waals surface area (Å²) in [4.78, 5) is 0. The Hall–Kier alpha value is -0.910. The molecule has 0 aromatic heterocycles. The van der Waals surface area contributed by atoms with Crippen LogP contribution < -0.4 is 4.72 Å². The van der Waals surface area contributed by atoms with Crippen molar-refractivity contribution in [1.29, 1.82) is 0 Å². The molecule has 4 nitrogen and oxygen atoms in total. The molecule has 0 aliphatic carbocycles. The van der Waals surface area contributed by atoms with Gasteiger partial charge in [-0.25, -0.2) is 0 Å². The summed E-state index contributed by atoms with van der Waals surface area (Å²) < 4.78 is 26.9. The van der Waals surface area contributed by atoms with Crippen molar-refractivity contribution in [2.75, 3.05) is 14.1 Å². The second-order valence-electron chi connectivity index (χ2n) is 4.33. The minimum Gasteiger partial charge on any atom is -0.199 e. The van der Waals surface area contributed by atoms with Gasteiger partial charge in [-0.05, 0) is 25.3 Å². The highest BCUT2D eigenvalue weighted by Gasteiger charge is 2.16. The van der Waals surface area contributed by atoms with Crippen molar-refractivity contribution in [3.8, 4) is 0 Å². The summed E-state index contributed by atoms with van der Waals surface area (Å²) in [7, 11) is -0.278. The first kappa shape index (κ1) is 14.2. The molecular formula is C12H20N2O2S. The van der Waals surface area contributed by atoms with Crippen LogP contribution in [-0.4, -0.2) is 32.9 Å². The third-order valence-corrected chi connectivity index (χ3v) is 4.20. The van der Waals surface area contributed by atoms with Gasteiger partial charge in [0, 0.05) is 20.1 Å². The maximum atomic E-state index is 11.6. The molecule has 0 radical (unpaired) electrons. The van der Waals surface area contributed by atoms with Crippen LogP contribution in [0.4, 0.5) is 0 Å². The molecule has 1 rings (SSSR count). The van der Waals surface area contributed by atoms with Crippen LogP contribution >= 0.6 is 0 Å². The molecule has 5 heteroatoms. The monoisotopic (exact) mass is 256 g/mol. The first-order chi connectivity index (χ1) is 7.92. The number of aryl methyl sites for hydroxylation is 1. The van der Waals surface area contributed by atoms with E-state index < -0.39 is 10.2 Å². The highest BCUT2D eigenvalue weighted by molar-refractivity contribution is 7.87. The van der Waals surface area contributed by atoms with Crippen molar-refractivity contribution >= 4 is 10.2 Å². The Morgan fingerprint density at radius 1 is 1.24 bits per heavy atom. The molecule has 17 heavy (non-hydrogen) atoms. The molecule has 0 saturated carbocycles. The molecule has 96 valence electrons. The predicted molar refractivity (Wildman–Crippen MR) is 70.0 cm³/mol. The Morgan fingerprint density at radius 2 is 1.82 bits per heavy atom. The van der Waals surface area contributed by atoms with Crippen LogP contribution in [-0.2, 0) is 16.6 Å². The number of hydrogen-bond donors (Lipinski definition) is 1. The summed E-state index contributed by atoms with van der Waals surface area (Å²) in [5.74, 6) is 0. The van der Waals surface area contributed by atoms with E-state index in [1.165, 1.54) is 24.0 Å². The van der Waals surface area contributed by atoms with Crippen molar-refractivity contribution in [1.82, 2.24) is 9.03 Å². The quantitative estimate of drug-likeness (QED) is 0.836. The van der Waals surface area contributed by atoms with Gasteiger partial charge in [-0.2, -0.15) is 17.4 Å². The van der Waals surface area contributed by atoms with Gasteiger partial charge in [0.25, 0.3) is 10.2 Å². The Morgan fingerprint density at radius 3 is 2.35 bits per heavy atom. The molecule has 0 bridgehead atoms. The van der Waals surface area contributed by atoms with Crippen molar-refractivity contribution in [3.63, 3.8) is 0 Å². The van der Waals surface area contributed by atoms with Gasteiger partial charge in [0.15, 0.2) is 0 Å². The molecule has 0 aliphatic rings. The first-order valence-electron chi connectivity index (χ1n) is 5.65. The fourth-order valence-corrected chi connectivity index (χ4v) is 2.28. The summed E-state index contributed by atoms with van der Waals surface area (Å²) in [5, 5.41) is 0. The molecule has 0 heterocycles. The number of nitrogens with zero attached hydrogens (tertiary/aromatic N) is 1. The molecule has 1 unspecified atom stereocenters. The molecule has 1 N–H and O–H groups in total. The predicted octanol–water partition coefficient (Wildman–Crippen LogP) is 1.40. The Kier molecular flexibility index (Phi) is 5.11. The zero-order valence-electron chi connectivity index (χ0n) is 10.6. The minimum absolute atomic E-state index is 0.0670. The van der Waals surface area contributed by atoms with Gasteiger partial charge in [0.05, 0.1) is 0 Å². The molecule has 1 aromatic rings. The van der Waals surface area contributed by atoms with Gasteiger partial charge < -0.3 is 0 Å². The second kappa shape index (κ2) is 6.14. The molecule has 0 spiro atoms. The van der Waals surface area contributed by atoms with Crippen molar-refractivity contribution in [2.24, 2.45) is 0 Å². The second-order valence-corrected chi connectivity index (χ2v) is 6.25. The van der Waals surface area contributed by atoms with Gasteiger partial charge in [-0.1, -0.05) is 30.3 Å². The maximum Gasteiger partial charge on any atom is 0.279 e. The standard InChI is InChI=1S/C12H20N2O2S/c1-11(13-17(15,16)14(2)3)9-10-12-7-5-4-6-8-12/h4-8,11,13H,9-10H2,1-3H3. The summed E-state index contributed by atoms with van der Waals surface area (Å²) in [6.45, 7) is 1.88. The number of nitrogens with one attached hydrogen (secondary N) is 1. The average molecular weight is 256 g/mol. The van der Waals surface area contributed by atoms with E-state index in [-0.39, 0.29) is 6.04 Å². The number of rotatable bonds is 6. The van der Waals surface area contributed by atoms with Crippen LogP contribution in [0.2, 0.25) is 0 Å². The van der Waals surface area contributed by atoms with E-state index >= 15 is 0 Å².